The van der Waals surface area contributed by atoms with E-state index in [0.29, 0.717) is 30.4 Å². The Balaban J connectivity index is 1.42. The summed E-state index contributed by atoms with van der Waals surface area (Å²) < 4.78 is 21.7. The van der Waals surface area contributed by atoms with E-state index in [1.165, 1.54) is 0 Å². The molecule has 1 amide bonds. The molecule has 7 heteroatoms. The van der Waals surface area contributed by atoms with Crippen LogP contribution in [0.3, 0.4) is 0 Å². The monoisotopic (exact) mass is 422 g/mol. The molecule has 0 spiro atoms. The number of carbonyl (C=O) groups excluding carboxylic acids is 1. The minimum atomic E-state index is -0.204. The maximum absolute atomic E-state index is 12.3. The number of rotatable bonds is 11. The zero-order valence-electron chi connectivity index (χ0n) is 17.6. The summed E-state index contributed by atoms with van der Waals surface area (Å²) in [4.78, 5) is 12.3. The van der Waals surface area contributed by atoms with Crippen molar-refractivity contribution in [2.45, 2.75) is 0 Å². The summed E-state index contributed by atoms with van der Waals surface area (Å²) in [5.41, 5.74) is 1.36. The van der Waals surface area contributed by atoms with E-state index in [9.17, 15) is 4.79 Å². The van der Waals surface area contributed by atoms with Crippen molar-refractivity contribution in [3.05, 3.63) is 72.8 Å². The first-order valence-electron chi connectivity index (χ1n) is 9.84. The fraction of sp³-hybridized carbons (Fsp3) is 0.208. The minimum Gasteiger partial charge on any atom is -0.497 e. The normalized spacial score (nSPS) is 10.1. The lowest BCUT2D eigenvalue weighted by Gasteiger charge is -2.13. The van der Waals surface area contributed by atoms with Crippen molar-refractivity contribution in [1.29, 1.82) is 0 Å². The second-order valence-corrected chi connectivity index (χ2v) is 6.50. The van der Waals surface area contributed by atoms with Gasteiger partial charge < -0.3 is 29.6 Å². The Morgan fingerprint density at radius 3 is 2.06 bits per heavy atom. The van der Waals surface area contributed by atoms with E-state index in [4.69, 9.17) is 18.9 Å². The summed E-state index contributed by atoms with van der Waals surface area (Å²) >= 11 is 0. The van der Waals surface area contributed by atoms with Crippen LogP contribution in [0.2, 0.25) is 0 Å². The quantitative estimate of drug-likeness (QED) is 0.451. The molecule has 0 saturated carbocycles. The number of amides is 1. The summed E-state index contributed by atoms with van der Waals surface area (Å²) in [7, 11) is 3.12. The molecule has 0 unspecified atom stereocenters. The molecule has 0 saturated heterocycles. The van der Waals surface area contributed by atoms with Crippen molar-refractivity contribution in [2.75, 3.05) is 44.6 Å². The van der Waals surface area contributed by atoms with Crippen molar-refractivity contribution in [3.8, 4) is 23.0 Å². The number of hydrogen-bond acceptors (Lipinski definition) is 6. The van der Waals surface area contributed by atoms with Gasteiger partial charge in [0.15, 0.2) is 0 Å². The lowest BCUT2D eigenvalue weighted by atomic mass is 10.2. The number of methoxy groups -OCH3 is 2. The first-order chi connectivity index (χ1) is 15.2. The third-order valence-corrected chi connectivity index (χ3v) is 4.35. The second kappa shape index (κ2) is 11.3. The molecule has 31 heavy (non-hydrogen) atoms. The van der Waals surface area contributed by atoms with Gasteiger partial charge in [0.2, 0.25) is 5.91 Å². The van der Waals surface area contributed by atoms with E-state index in [2.05, 4.69) is 10.6 Å². The van der Waals surface area contributed by atoms with Gasteiger partial charge >= 0.3 is 0 Å². The van der Waals surface area contributed by atoms with Crippen molar-refractivity contribution in [3.63, 3.8) is 0 Å². The lowest BCUT2D eigenvalue weighted by Crippen LogP contribution is -2.22. The highest BCUT2D eigenvalue weighted by atomic mass is 16.5. The van der Waals surface area contributed by atoms with Crippen LogP contribution < -0.4 is 29.6 Å². The Morgan fingerprint density at radius 2 is 1.42 bits per heavy atom. The van der Waals surface area contributed by atoms with Crippen LogP contribution >= 0.6 is 0 Å². The van der Waals surface area contributed by atoms with Gasteiger partial charge in [0.05, 0.1) is 26.5 Å². The number of hydrogen-bond donors (Lipinski definition) is 2. The first-order valence-corrected chi connectivity index (χ1v) is 9.84. The Hall–Kier alpha value is -3.87. The van der Waals surface area contributed by atoms with Gasteiger partial charge in [0.25, 0.3) is 0 Å². The minimum absolute atomic E-state index is 0.103. The molecule has 7 nitrogen and oxygen atoms in total. The van der Waals surface area contributed by atoms with Crippen LogP contribution in [0.15, 0.2) is 72.8 Å². The number of para-hydroxylation sites is 1. The molecule has 0 aliphatic carbocycles. The van der Waals surface area contributed by atoms with Crippen LogP contribution in [0.25, 0.3) is 0 Å². The van der Waals surface area contributed by atoms with Gasteiger partial charge in [-0.3, -0.25) is 4.79 Å². The van der Waals surface area contributed by atoms with Crippen LogP contribution in [0.4, 0.5) is 11.4 Å². The molecule has 2 N–H and O–H groups in total. The molecular formula is C24H26N2O5. The molecule has 0 fully saturated rings. The Labute approximate surface area is 181 Å². The molecular weight excluding hydrogens is 396 g/mol. The largest absolute Gasteiger partial charge is 0.497 e. The van der Waals surface area contributed by atoms with Crippen molar-refractivity contribution in [1.82, 2.24) is 0 Å². The maximum Gasteiger partial charge on any atom is 0.243 e. The highest BCUT2D eigenvalue weighted by molar-refractivity contribution is 5.95. The van der Waals surface area contributed by atoms with Gasteiger partial charge in [-0.2, -0.15) is 0 Å². The van der Waals surface area contributed by atoms with Crippen LogP contribution in [0, 0.1) is 0 Å². The maximum atomic E-state index is 12.3. The van der Waals surface area contributed by atoms with Gasteiger partial charge in [-0.1, -0.05) is 18.2 Å². The standard InChI is InChI=1S/C24H26N2O5/c1-28-21-12-13-23(29-2)22(16-21)26-24(27)17-25-18-8-10-20(11-9-18)31-15-14-30-19-6-4-3-5-7-19/h3-13,16,25H,14-15,17H2,1-2H3,(H,26,27). The number of ether oxygens (including phenoxy) is 4. The van der Waals surface area contributed by atoms with E-state index in [1.54, 1.807) is 32.4 Å². The van der Waals surface area contributed by atoms with Crippen LogP contribution in [-0.4, -0.2) is 39.9 Å². The van der Waals surface area contributed by atoms with Crippen molar-refractivity contribution < 1.29 is 23.7 Å². The Morgan fingerprint density at radius 1 is 0.774 bits per heavy atom. The zero-order valence-corrected chi connectivity index (χ0v) is 17.6. The molecule has 0 radical (unpaired) electrons. The summed E-state index contributed by atoms with van der Waals surface area (Å²) in [5, 5.41) is 5.90. The lowest BCUT2D eigenvalue weighted by molar-refractivity contribution is -0.114. The fourth-order valence-corrected chi connectivity index (χ4v) is 2.79. The molecule has 0 aliphatic heterocycles. The average Bonchev–Trinajstić information content (AvgIpc) is 2.82. The number of benzene rings is 3. The molecule has 0 aromatic heterocycles. The Bertz CT molecular complexity index is 961. The van der Waals surface area contributed by atoms with E-state index in [1.807, 2.05) is 54.6 Å². The highest BCUT2D eigenvalue weighted by Gasteiger charge is 2.09. The molecule has 3 aromatic rings. The molecule has 0 aliphatic rings. The van der Waals surface area contributed by atoms with Crippen LogP contribution in [0.5, 0.6) is 23.0 Å². The van der Waals surface area contributed by atoms with Crippen LogP contribution in [-0.2, 0) is 4.79 Å². The second-order valence-electron chi connectivity index (χ2n) is 6.50. The number of anilines is 2. The fourth-order valence-electron chi connectivity index (χ4n) is 2.79. The molecule has 3 aromatic carbocycles. The SMILES string of the molecule is COc1ccc(OC)c(NC(=O)CNc2ccc(OCCOc3ccccc3)cc2)c1. The number of carbonyl (C=O) groups is 1. The molecule has 0 heterocycles. The van der Waals surface area contributed by atoms with Gasteiger partial charge in [-0.05, 0) is 48.5 Å². The molecule has 3 rings (SSSR count). The smallest absolute Gasteiger partial charge is 0.243 e. The predicted molar refractivity (Wildman–Crippen MR) is 121 cm³/mol. The molecule has 0 bridgehead atoms. The topological polar surface area (TPSA) is 78.1 Å². The van der Waals surface area contributed by atoms with E-state index >= 15 is 0 Å². The van der Waals surface area contributed by atoms with E-state index < -0.39 is 0 Å². The molecule has 162 valence electrons. The van der Waals surface area contributed by atoms with Gasteiger partial charge in [-0.15, -0.1) is 0 Å². The highest BCUT2D eigenvalue weighted by Crippen LogP contribution is 2.28. The van der Waals surface area contributed by atoms with Crippen molar-refractivity contribution in [2.24, 2.45) is 0 Å². The summed E-state index contributed by atoms with van der Waals surface area (Å²) in [6, 6.07) is 22.2. The van der Waals surface area contributed by atoms with E-state index in [0.717, 1.165) is 17.2 Å². The van der Waals surface area contributed by atoms with E-state index in [-0.39, 0.29) is 12.5 Å². The zero-order chi connectivity index (χ0) is 21.9. The van der Waals surface area contributed by atoms with Gasteiger partial charge in [-0.25, -0.2) is 0 Å². The summed E-state index contributed by atoms with van der Waals surface area (Å²) in [5.74, 6) is 2.54. The van der Waals surface area contributed by atoms with Gasteiger partial charge in [0.1, 0.15) is 36.2 Å². The summed E-state index contributed by atoms with van der Waals surface area (Å²) in [6.07, 6.45) is 0. The summed E-state index contributed by atoms with van der Waals surface area (Å²) in [6.45, 7) is 0.996. The average molecular weight is 422 g/mol. The van der Waals surface area contributed by atoms with Crippen LogP contribution in [0.1, 0.15) is 0 Å². The first kappa shape index (κ1) is 21.8. The van der Waals surface area contributed by atoms with Gasteiger partial charge in [0, 0.05) is 11.8 Å². The third kappa shape index (κ3) is 6.85. The molecule has 0 atom stereocenters. The third-order valence-electron chi connectivity index (χ3n) is 4.35. The van der Waals surface area contributed by atoms with Crippen molar-refractivity contribution >= 4 is 17.3 Å². The Kier molecular flexibility index (Phi) is 7.99. The number of nitrogens with one attached hydrogen (secondary N) is 2. The predicted octanol–water partition coefficient (Wildman–Crippen LogP) is 4.21.